The highest BCUT2D eigenvalue weighted by molar-refractivity contribution is 5.60. The van der Waals surface area contributed by atoms with Gasteiger partial charge in [0.25, 0.3) is 5.56 Å². The second-order valence-corrected chi connectivity index (χ2v) is 7.12. The number of hydrogen-bond acceptors (Lipinski definition) is 7. The highest BCUT2D eigenvalue weighted by Crippen LogP contribution is 2.18. The van der Waals surface area contributed by atoms with E-state index in [1.807, 2.05) is 31.3 Å². The second kappa shape index (κ2) is 6.38. The third-order valence-corrected chi connectivity index (χ3v) is 4.95. The number of rotatable bonds is 2. The minimum absolute atomic E-state index is 0.137. The fourth-order valence-electron chi connectivity index (χ4n) is 3.60. The van der Waals surface area contributed by atoms with E-state index in [0.717, 1.165) is 25.3 Å². The van der Waals surface area contributed by atoms with Gasteiger partial charge >= 0.3 is 0 Å². The van der Waals surface area contributed by atoms with Gasteiger partial charge in [-0.05, 0) is 38.1 Å². The molecule has 4 aromatic rings. The van der Waals surface area contributed by atoms with Crippen molar-refractivity contribution in [2.45, 2.75) is 19.9 Å². The molecule has 0 bridgehead atoms. The molecule has 4 aromatic heterocycles. The van der Waals surface area contributed by atoms with Crippen molar-refractivity contribution >= 4 is 17.0 Å². The Balaban J connectivity index is 1.56. The normalized spacial score (nSPS) is 17.5. The van der Waals surface area contributed by atoms with Gasteiger partial charge in [-0.1, -0.05) is 0 Å². The van der Waals surface area contributed by atoms with Gasteiger partial charge in [-0.2, -0.15) is 0 Å². The predicted octanol–water partition coefficient (Wildman–Crippen LogP) is 0.906. The minimum atomic E-state index is -0.137. The molecule has 0 aromatic carbocycles. The van der Waals surface area contributed by atoms with Crippen LogP contribution in [-0.4, -0.2) is 54.9 Å². The van der Waals surface area contributed by atoms with Crippen LogP contribution in [0.1, 0.15) is 12.7 Å². The lowest BCUT2D eigenvalue weighted by atomic mass is 10.2. The standard InChI is InChI=1S/C19H20N8O/c1-12-10-25(8-7-20-12)14-3-5-17-22-16(9-19(28)26(17)11-14)15-4-6-18-21-13(2)23-27(18)24-15/h3-6,9,11-12,20H,7-8,10H2,1-2H3. The van der Waals surface area contributed by atoms with Crippen molar-refractivity contribution in [1.29, 1.82) is 0 Å². The van der Waals surface area contributed by atoms with Crippen molar-refractivity contribution in [3.63, 3.8) is 0 Å². The molecule has 1 unspecified atom stereocenters. The molecule has 1 aliphatic rings. The molecule has 0 aliphatic carbocycles. The van der Waals surface area contributed by atoms with E-state index in [-0.39, 0.29) is 5.56 Å². The summed E-state index contributed by atoms with van der Waals surface area (Å²) in [7, 11) is 0. The smallest absolute Gasteiger partial charge is 0.258 e. The molecule has 5 rings (SSSR count). The lowest BCUT2D eigenvalue weighted by Crippen LogP contribution is -2.49. The Morgan fingerprint density at radius 3 is 2.79 bits per heavy atom. The first-order valence-electron chi connectivity index (χ1n) is 9.30. The summed E-state index contributed by atoms with van der Waals surface area (Å²) >= 11 is 0. The largest absolute Gasteiger partial charge is 0.368 e. The Kier molecular flexibility index (Phi) is 3.83. The molecule has 142 valence electrons. The number of nitrogens with one attached hydrogen (secondary N) is 1. The molecule has 1 N–H and O–H groups in total. The van der Waals surface area contributed by atoms with E-state index in [0.29, 0.717) is 34.5 Å². The van der Waals surface area contributed by atoms with Gasteiger partial charge in [-0.25, -0.2) is 9.97 Å². The van der Waals surface area contributed by atoms with Crippen molar-refractivity contribution in [2.75, 3.05) is 24.5 Å². The lowest BCUT2D eigenvalue weighted by molar-refractivity contribution is 0.484. The summed E-state index contributed by atoms with van der Waals surface area (Å²) in [5.74, 6) is 0.644. The maximum Gasteiger partial charge on any atom is 0.258 e. The zero-order valence-electron chi connectivity index (χ0n) is 15.7. The van der Waals surface area contributed by atoms with Crippen LogP contribution in [0.15, 0.2) is 41.3 Å². The third-order valence-electron chi connectivity index (χ3n) is 4.95. The van der Waals surface area contributed by atoms with Crippen molar-refractivity contribution in [1.82, 2.24) is 34.5 Å². The molecule has 0 radical (unpaired) electrons. The number of aryl methyl sites for hydroxylation is 1. The highest BCUT2D eigenvalue weighted by Gasteiger charge is 2.17. The average molecular weight is 376 g/mol. The SMILES string of the molecule is Cc1nc2ccc(-c3cc(=O)n4cc(N5CCNC(C)C5)ccc4n3)nn2n1. The number of fused-ring (bicyclic) bond motifs is 2. The molecule has 9 nitrogen and oxygen atoms in total. The van der Waals surface area contributed by atoms with Gasteiger partial charge in [0.1, 0.15) is 17.2 Å². The van der Waals surface area contributed by atoms with Gasteiger partial charge in [0.2, 0.25) is 0 Å². The Bertz CT molecular complexity index is 1240. The topological polar surface area (TPSA) is 92.7 Å². The summed E-state index contributed by atoms with van der Waals surface area (Å²) in [5.41, 5.74) is 3.23. The van der Waals surface area contributed by atoms with Gasteiger partial charge in [-0.3, -0.25) is 9.20 Å². The summed E-state index contributed by atoms with van der Waals surface area (Å²) in [6.45, 7) is 6.73. The molecule has 1 fully saturated rings. The van der Waals surface area contributed by atoms with E-state index in [9.17, 15) is 4.79 Å². The molecule has 28 heavy (non-hydrogen) atoms. The number of hydrogen-bond donors (Lipinski definition) is 1. The van der Waals surface area contributed by atoms with Gasteiger partial charge in [0.15, 0.2) is 5.65 Å². The molecule has 1 atom stereocenters. The van der Waals surface area contributed by atoms with E-state index in [2.05, 4.69) is 37.3 Å². The van der Waals surface area contributed by atoms with E-state index < -0.39 is 0 Å². The van der Waals surface area contributed by atoms with Crippen LogP contribution in [-0.2, 0) is 0 Å². The lowest BCUT2D eigenvalue weighted by Gasteiger charge is -2.33. The summed E-state index contributed by atoms with van der Waals surface area (Å²) in [5, 5.41) is 12.1. The summed E-state index contributed by atoms with van der Waals surface area (Å²) in [6, 6.07) is 9.45. The Hall–Kier alpha value is -3.33. The molecule has 1 saturated heterocycles. The van der Waals surface area contributed by atoms with Crippen LogP contribution < -0.4 is 15.8 Å². The van der Waals surface area contributed by atoms with Crippen LogP contribution in [0.3, 0.4) is 0 Å². The monoisotopic (exact) mass is 376 g/mol. The van der Waals surface area contributed by atoms with Crippen LogP contribution in [0.4, 0.5) is 5.69 Å². The van der Waals surface area contributed by atoms with Crippen molar-refractivity contribution in [2.24, 2.45) is 0 Å². The zero-order chi connectivity index (χ0) is 19.3. The Labute approximate surface area is 160 Å². The molecular weight excluding hydrogens is 356 g/mol. The first-order valence-corrected chi connectivity index (χ1v) is 9.30. The van der Waals surface area contributed by atoms with E-state index in [1.54, 1.807) is 10.5 Å². The van der Waals surface area contributed by atoms with Crippen LogP contribution in [0.2, 0.25) is 0 Å². The van der Waals surface area contributed by atoms with Crippen molar-refractivity contribution in [3.05, 3.63) is 52.7 Å². The maximum absolute atomic E-state index is 12.8. The third kappa shape index (κ3) is 2.89. The molecule has 0 saturated carbocycles. The van der Waals surface area contributed by atoms with Crippen LogP contribution in [0.5, 0.6) is 0 Å². The number of piperazine rings is 1. The maximum atomic E-state index is 12.8. The summed E-state index contributed by atoms with van der Waals surface area (Å²) in [4.78, 5) is 23.9. The summed E-state index contributed by atoms with van der Waals surface area (Å²) in [6.07, 6.45) is 1.86. The number of pyridine rings is 1. The van der Waals surface area contributed by atoms with Gasteiger partial charge in [0.05, 0.1) is 11.4 Å². The first kappa shape index (κ1) is 16.8. The quantitative estimate of drug-likeness (QED) is 0.556. The van der Waals surface area contributed by atoms with E-state index in [1.165, 1.54) is 10.7 Å². The number of nitrogens with zero attached hydrogens (tertiary/aromatic N) is 7. The van der Waals surface area contributed by atoms with E-state index >= 15 is 0 Å². The van der Waals surface area contributed by atoms with Gasteiger partial charge < -0.3 is 10.2 Å². The average Bonchev–Trinajstić information content (AvgIpc) is 3.07. The van der Waals surface area contributed by atoms with Crippen LogP contribution >= 0.6 is 0 Å². The van der Waals surface area contributed by atoms with Gasteiger partial charge in [-0.15, -0.1) is 14.8 Å². The fraction of sp³-hybridized carbons (Fsp3) is 0.316. The van der Waals surface area contributed by atoms with Crippen LogP contribution in [0, 0.1) is 6.92 Å². The van der Waals surface area contributed by atoms with Gasteiger partial charge in [0, 0.05) is 37.9 Å². The number of aromatic nitrogens is 6. The highest BCUT2D eigenvalue weighted by atomic mass is 16.1. The molecular formula is C19H20N8O. The fourth-order valence-corrected chi connectivity index (χ4v) is 3.60. The predicted molar refractivity (Wildman–Crippen MR) is 106 cm³/mol. The van der Waals surface area contributed by atoms with Crippen molar-refractivity contribution < 1.29 is 0 Å². The Morgan fingerprint density at radius 2 is 1.93 bits per heavy atom. The first-order chi connectivity index (χ1) is 13.6. The molecule has 0 spiro atoms. The Morgan fingerprint density at radius 1 is 1.07 bits per heavy atom. The van der Waals surface area contributed by atoms with Crippen molar-refractivity contribution in [3.8, 4) is 11.4 Å². The molecule has 9 heteroatoms. The summed E-state index contributed by atoms with van der Waals surface area (Å²) < 4.78 is 3.05. The molecule has 1 aliphatic heterocycles. The molecule has 5 heterocycles. The molecule has 0 amide bonds. The minimum Gasteiger partial charge on any atom is -0.368 e. The second-order valence-electron chi connectivity index (χ2n) is 7.12. The zero-order valence-corrected chi connectivity index (χ0v) is 15.7. The van der Waals surface area contributed by atoms with E-state index in [4.69, 9.17) is 0 Å². The number of anilines is 1. The van der Waals surface area contributed by atoms with Crippen LogP contribution in [0.25, 0.3) is 22.7 Å².